The van der Waals surface area contributed by atoms with Gasteiger partial charge in [-0.3, -0.25) is 0 Å². The Hall–Kier alpha value is -0.580. The van der Waals surface area contributed by atoms with E-state index in [0.717, 1.165) is 12.2 Å². The first kappa shape index (κ1) is 13.8. The molecule has 1 heterocycles. The Morgan fingerprint density at radius 1 is 1.33 bits per heavy atom. The Labute approximate surface area is 117 Å². The lowest BCUT2D eigenvalue weighted by Crippen LogP contribution is -2.26. The normalized spacial score (nSPS) is 22.2. The number of rotatable bonds is 3. The SMILES string of the molecule is Cc1cc(NC[C@H]2COC(C)(C)O2)cc(C)c1Br. The lowest BCUT2D eigenvalue weighted by molar-refractivity contribution is -0.136. The maximum atomic E-state index is 5.76. The molecule has 2 rings (SSSR count). The molecule has 0 saturated carbocycles. The van der Waals surface area contributed by atoms with Gasteiger partial charge in [-0.15, -0.1) is 0 Å². The molecule has 100 valence electrons. The van der Waals surface area contributed by atoms with Crippen molar-refractivity contribution < 1.29 is 9.47 Å². The summed E-state index contributed by atoms with van der Waals surface area (Å²) in [4.78, 5) is 0. The largest absolute Gasteiger partial charge is 0.382 e. The average molecular weight is 314 g/mol. The minimum atomic E-state index is -0.447. The van der Waals surface area contributed by atoms with Crippen molar-refractivity contribution >= 4 is 21.6 Å². The van der Waals surface area contributed by atoms with Crippen molar-refractivity contribution in [1.29, 1.82) is 0 Å². The third kappa shape index (κ3) is 3.25. The van der Waals surface area contributed by atoms with Crippen LogP contribution >= 0.6 is 15.9 Å². The van der Waals surface area contributed by atoms with E-state index in [2.05, 4.69) is 47.2 Å². The standard InChI is InChI=1S/C14H20BrNO2/c1-9-5-11(6-10(2)13(9)15)16-7-12-8-17-14(3,4)18-12/h5-6,12,16H,7-8H2,1-4H3/t12-/m0/s1. The number of hydrogen-bond donors (Lipinski definition) is 1. The summed E-state index contributed by atoms with van der Waals surface area (Å²) in [6.45, 7) is 9.50. The van der Waals surface area contributed by atoms with Gasteiger partial charge < -0.3 is 14.8 Å². The van der Waals surface area contributed by atoms with Gasteiger partial charge >= 0.3 is 0 Å². The summed E-state index contributed by atoms with van der Waals surface area (Å²) < 4.78 is 12.5. The fourth-order valence-corrected chi connectivity index (χ4v) is 2.37. The number of hydrogen-bond acceptors (Lipinski definition) is 3. The van der Waals surface area contributed by atoms with Crippen LogP contribution in [0, 0.1) is 13.8 Å². The zero-order valence-corrected chi connectivity index (χ0v) is 12.9. The second-order valence-electron chi connectivity index (χ2n) is 5.26. The van der Waals surface area contributed by atoms with E-state index in [-0.39, 0.29) is 6.10 Å². The lowest BCUT2D eigenvalue weighted by Gasteiger charge is -2.18. The molecule has 1 aliphatic rings. The summed E-state index contributed by atoms with van der Waals surface area (Å²) in [6, 6.07) is 4.27. The summed E-state index contributed by atoms with van der Waals surface area (Å²) in [5.41, 5.74) is 3.60. The van der Waals surface area contributed by atoms with E-state index in [1.165, 1.54) is 15.6 Å². The molecule has 1 aliphatic heterocycles. The van der Waals surface area contributed by atoms with Gasteiger partial charge in [0.15, 0.2) is 5.79 Å². The molecule has 0 unspecified atom stereocenters. The Morgan fingerprint density at radius 3 is 2.44 bits per heavy atom. The number of ether oxygens (including phenoxy) is 2. The Morgan fingerprint density at radius 2 is 1.94 bits per heavy atom. The molecule has 4 heteroatoms. The molecular weight excluding hydrogens is 294 g/mol. The number of aryl methyl sites for hydroxylation is 2. The van der Waals surface area contributed by atoms with Crippen molar-refractivity contribution in [3.05, 3.63) is 27.7 Å². The van der Waals surface area contributed by atoms with Gasteiger partial charge in [-0.25, -0.2) is 0 Å². The van der Waals surface area contributed by atoms with E-state index in [1.54, 1.807) is 0 Å². The van der Waals surface area contributed by atoms with Crippen molar-refractivity contribution in [2.75, 3.05) is 18.5 Å². The molecular formula is C14H20BrNO2. The molecule has 1 fully saturated rings. The van der Waals surface area contributed by atoms with Gasteiger partial charge in [-0.05, 0) is 51.0 Å². The van der Waals surface area contributed by atoms with Crippen LogP contribution in [0.15, 0.2) is 16.6 Å². The first-order chi connectivity index (χ1) is 8.37. The first-order valence-corrected chi connectivity index (χ1v) is 6.99. The summed E-state index contributed by atoms with van der Waals surface area (Å²) in [5.74, 6) is -0.447. The molecule has 0 spiro atoms. The van der Waals surface area contributed by atoms with Crippen molar-refractivity contribution in [2.45, 2.75) is 39.6 Å². The van der Waals surface area contributed by atoms with E-state index in [9.17, 15) is 0 Å². The van der Waals surface area contributed by atoms with Gasteiger partial charge in [0.1, 0.15) is 6.10 Å². The predicted octanol–water partition coefficient (Wildman–Crippen LogP) is 3.63. The smallest absolute Gasteiger partial charge is 0.163 e. The number of benzene rings is 1. The van der Waals surface area contributed by atoms with Crippen LogP contribution in [0.4, 0.5) is 5.69 Å². The number of anilines is 1. The maximum absolute atomic E-state index is 5.76. The van der Waals surface area contributed by atoms with Crippen LogP contribution in [0.1, 0.15) is 25.0 Å². The highest BCUT2D eigenvalue weighted by molar-refractivity contribution is 9.10. The fraction of sp³-hybridized carbons (Fsp3) is 0.571. The zero-order chi connectivity index (χ0) is 13.3. The van der Waals surface area contributed by atoms with E-state index >= 15 is 0 Å². The molecule has 3 nitrogen and oxygen atoms in total. The molecule has 1 aromatic rings. The molecule has 18 heavy (non-hydrogen) atoms. The highest BCUT2D eigenvalue weighted by Crippen LogP contribution is 2.26. The van der Waals surface area contributed by atoms with Gasteiger partial charge in [0.2, 0.25) is 0 Å². The second kappa shape index (κ2) is 5.19. The molecule has 0 aliphatic carbocycles. The highest BCUT2D eigenvalue weighted by atomic mass is 79.9. The molecule has 0 amide bonds. The van der Waals surface area contributed by atoms with Gasteiger partial charge in [0.05, 0.1) is 6.61 Å². The van der Waals surface area contributed by atoms with E-state index in [4.69, 9.17) is 9.47 Å². The van der Waals surface area contributed by atoms with Crippen molar-refractivity contribution in [3.63, 3.8) is 0 Å². The van der Waals surface area contributed by atoms with E-state index in [0.29, 0.717) is 6.61 Å². The molecule has 0 aromatic heterocycles. The topological polar surface area (TPSA) is 30.5 Å². The zero-order valence-electron chi connectivity index (χ0n) is 11.3. The highest BCUT2D eigenvalue weighted by Gasteiger charge is 2.32. The molecule has 1 aromatic carbocycles. The minimum Gasteiger partial charge on any atom is -0.382 e. The minimum absolute atomic E-state index is 0.115. The quantitative estimate of drug-likeness (QED) is 0.924. The molecule has 1 N–H and O–H groups in total. The van der Waals surface area contributed by atoms with Crippen LogP contribution < -0.4 is 5.32 Å². The Bertz CT molecular complexity index is 422. The molecule has 0 radical (unpaired) electrons. The number of nitrogens with one attached hydrogen (secondary N) is 1. The second-order valence-corrected chi connectivity index (χ2v) is 6.05. The van der Waals surface area contributed by atoms with Crippen molar-refractivity contribution in [2.24, 2.45) is 0 Å². The van der Waals surface area contributed by atoms with Crippen LogP contribution in [0.2, 0.25) is 0 Å². The Balaban J connectivity index is 1.95. The van der Waals surface area contributed by atoms with E-state index in [1.807, 2.05) is 13.8 Å². The number of halogens is 1. The van der Waals surface area contributed by atoms with Crippen LogP contribution in [0.25, 0.3) is 0 Å². The first-order valence-electron chi connectivity index (χ1n) is 6.20. The summed E-state index contributed by atoms with van der Waals surface area (Å²) in [7, 11) is 0. The van der Waals surface area contributed by atoms with Gasteiger partial charge in [0, 0.05) is 16.7 Å². The average Bonchev–Trinajstić information content (AvgIpc) is 2.63. The van der Waals surface area contributed by atoms with Gasteiger partial charge in [-0.2, -0.15) is 0 Å². The Kier molecular flexibility index (Phi) is 3.99. The third-order valence-corrected chi connectivity index (χ3v) is 4.29. The summed E-state index contributed by atoms with van der Waals surface area (Å²) in [5, 5.41) is 3.41. The molecule has 1 atom stereocenters. The lowest BCUT2D eigenvalue weighted by atomic mass is 10.1. The third-order valence-electron chi connectivity index (χ3n) is 3.04. The van der Waals surface area contributed by atoms with Crippen LogP contribution in [0.5, 0.6) is 0 Å². The van der Waals surface area contributed by atoms with Gasteiger partial charge in [0.25, 0.3) is 0 Å². The van der Waals surface area contributed by atoms with Crippen LogP contribution in [-0.2, 0) is 9.47 Å². The van der Waals surface area contributed by atoms with Crippen LogP contribution in [0.3, 0.4) is 0 Å². The van der Waals surface area contributed by atoms with Crippen molar-refractivity contribution in [3.8, 4) is 0 Å². The summed E-state index contributed by atoms with van der Waals surface area (Å²) >= 11 is 3.57. The maximum Gasteiger partial charge on any atom is 0.163 e. The molecule has 1 saturated heterocycles. The van der Waals surface area contributed by atoms with Crippen molar-refractivity contribution in [1.82, 2.24) is 0 Å². The molecule has 0 bridgehead atoms. The van der Waals surface area contributed by atoms with Crippen LogP contribution in [-0.4, -0.2) is 25.0 Å². The van der Waals surface area contributed by atoms with E-state index < -0.39 is 5.79 Å². The monoisotopic (exact) mass is 313 g/mol. The fourth-order valence-electron chi connectivity index (χ4n) is 2.14. The predicted molar refractivity (Wildman–Crippen MR) is 77.0 cm³/mol. The van der Waals surface area contributed by atoms with Gasteiger partial charge in [-0.1, -0.05) is 15.9 Å². The summed E-state index contributed by atoms with van der Waals surface area (Å²) in [6.07, 6.45) is 0.115.